The van der Waals surface area contributed by atoms with Crippen LogP contribution in [0, 0.1) is 3.57 Å². The summed E-state index contributed by atoms with van der Waals surface area (Å²) in [6.07, 6.45) is 2.26. The number of aromatic nitrogens is 4. The van der Waals surface area contributed by atoms with Gasteiger partial charge < -0.3 is 16.2 Å². The molecule has 4 N–H and O–H groups in total. The first-order valence-electron chi connectivity index (χ1n) is 7.41. The summed E-state index contributed by atoms with van der Waals surface area (Å²) in [6, 6.07) is 4.11. The number of nitrogens with zero attached hydrogens (tertiary/aromatic N) is 4. The van der Waals surface area contributed by atoms with Crippen molar-refractivity contribution in [3.8, 4) is 5.75 Å². The second-order valence-corrected chi connectivity index (χ2v) is 7.64. The molecule has 0 atom stereocenters. The maximum atomic E-state index is 11.5. The lowest BCUT2D eigenvalue weighted by Crippen LogP contribution is -2.19. The van der Waals surface area contributed by atoms with Gasteiger partial charge in [-0.25, -0.2) is 15.0 Å². The number of fused-ring (bicyclic) bond motifs is 2. The number of amides is 1. The molecule has 10 heteroatoms. The molecule has 1 aliphatic heterocycles. The predicted octanol–water partition coefficient (Wildman–Crippen LogP) is 1.58. The molecule has 1 aromatic carbocycles. The van der Waals surface area contributed by atoms with Crippen molar-refractivity contribution in [2.24, 2.45) is 5.73 Å². The highest BCUT2D eigenvalue weighted by atomic mass is 127. The lowest BCUT2D eigenvalue weighted by atomic mass is 10.2. The van der Waals surface area contributed by atoms with E-state index >= 15 is 0 Å². The largest absolute Gasteiger partial charge is 0.493 e. The van der Waals surface area contributed by atoms with E-state index in [-0.39, 0.29) is 12.4 Å². The van der Waals surface area contributed by atoms with Crippen LogP contribution in [0.15, 0.2) is 28.5 Å². The van der Waals surface area contributed by atoms with E-state index in [2.05, 4.69) is 43.6 Å². The van der Waals surface area contributed by atoms with E-state index in [0.717, 1.165) is 20.6 Å². The molecule has 0 bridgehead atoms. The third-order valence-electron chi connectivity index (χ3n) is 3.78. The molecule has 0 saturated carbocycles. The Bertz CT molecular complexity index is 1010. The molecule has 0 aliphatic carbocycles. The molecule has 0 unspecified atom stereocenters. The molecule has 3 heterocycles. The van der Waals surface area contributed by atoms with Gasteiger partial charge in [0.25, 0.3) is 0 Å². The van der Waals surface area contributed by atoms with Crippen LogP contribution >= 0.6 is 34.4 Å². The Morgan fingerprint density at radius 1 is 1.40 bits per heavy atom. The summed E-state index contributed by atoms with van der Waals surface area (Å²) in [5.41, 5.74) is 13.4. The van der Waals surface area contributed by atoms with Crippen molar-refractivity contribution in [2.45, 2.75) is 23.0 Å². The average Bonchev–Trinajstić information content (AvgIpc) is 3.14. The zero-order valence-electron chi connectivity index (χ0n) is 12.9. The zero-order chi connectivity index (χ0) is 17.6. The van der Waals surface area contributed by atoms with Gasteiger partial charge in [0.2, 0.25) is 5.91 Å². The average molecular weight is 468 g/mol. The third-order valence-corrected chi connectivity index (χ3v) is 6.09. The number of rotatable bonds is 4. The van der Waals surface area contributed by atoms with Gasteiger partial charge >= 0.3 is 0 Å². The highest BCUT2D eigenvalue weighted by Crippen LogP contribution is 2.38. The zero-order valence-corrected chi connectivity index (χ0v) is 15.9. The van der Waals surface area contributed by atoms with Crippen molar-refractivity contribution in [3.05, 3.63) is 27.6 Å². The monoisotopic (exact) mass is 468 g/mol. The van der Waals surface area contributed by atoms with Gasteiger partial charge in [-0.2, -0.15) is 0 Å². The van der Waals surface area contributed by atoms with Crippen molar-refractivity contribution in [1.29, 1.82) is 0 Å². The fraction of sp³-hybridized carbons (Fsp3) is 0.200. The Balaban J connectivity index is 1.81. The van der Waals surface area contributed by atoms with Crippen LogP contribution in [0.25, 0.3) is 11.2 Å². The molecule has 128 valence electrons. The number of ether oxygens (including phenoxy) is 1. The van der Waals surface area contributed by atoms with Crippen molar-refractivity contribution < 1.29 is 9.53 Å². The number of anilines is 1. The molecule has 1 aliphatic rings. The molecule has 0 radical (unpaired) electrons. The summed E-state index contributed by atoms with van der Waals surface area (Å²) in [4.78, 5) is 25.1. The lowest BCUT2D eigenvalue weighted by Gasteiger charge is -2.09. The summed E-state index contributed by atoms with van der Waals surface area (Å²) in [6.45, 7) is 0.666. The van der Waals surface area contributed by atoms with Gasteiger partial charge in [0.05, 0.1) is 6.61 Å². The Morgan fingerprint density at radius 3 is 3.04 bits per heavy atom. The smallest absolute Gasteiger partial charge is 0.237 e. The Labute approximate surface area is 160 Å². The number of benzene rings is 1. The number of carbonyl (C=O) groups is 1. The highest BCUT2D eigenvalue weighted by molar-refractivity contribution is 14.1. The molecular formula is C15H13IN6O2S. The van der Waals surface area contributed by atoms with Crippen LogP contribution in [0.4, 0.5) is 5.82 Å². The van der Waals surface area contributed by atoms with Crippen LogP contribution in [0.2, 0.25) is 0 Å². The number of nitrogen functional groups attached to an aromatic ring is 1. The van der Waals surface area contributed by atoms with E-state index in [1.807, 2.05) is 6.07 Å². The van der Waals surface area contributed by atoms with E-state index in [4.69, 9.17) is 16.2 Å². The fourth-order valence-electron chi connectivity index (χ4n) is 2.66. The van der Waals surface area contributed by atoms with Gasteiger partial charge in [-0.3, -0.25) is 9.36 Å². The summed E-state index contributed by atoms with van der Waals surface area (Å²) in [7, 11) is 0. The number of imidazole rings is 1. The topological polar surface area (TPSA) is 122 Å². The quantitative estimate of drug-likeness (QED) is 0.558. The normalized spacial score (nSPS) is 13.0. The van der Waals surface area contributed by atoms with Gasteiger partial charge in [-0.1, -0.05) is 11.8 Å². The summed E-state index contributed by atoms with van der Waals surface area (Å²) in [5.74, 6) is 0.673. The molecule has 0 spiro atoms. The molecule has 8 nitrogen and oxygen atoms in total. The Hall–Kier alpha value is -2.08. The van der Waals surface area contributed by atoms with Gasteiger partial charge in [0.1, 0.15) is 18.6 Å². The number of halogens is 1. The molecule has 25 heavy (non-hydrogen) atoms. The van der Waals surface area contributed by atoms with E-state index in [9.17, 15) is 4.79 Å². The predicted molar refractivity (Wildman–Crippen MR) is 101 cm³/mol. The summed E-state index contributed by atoms with van der Waals surface area (Å²) < 4.78 is 8.39. The van der Waals surface area contributed by atoms with Crippen LogP contribution < -0.4 is 16.2 Å². The molecular weight excluding hydrogens is 455 g/mol. The standard InChI is InChI=1S/C15H13IN6O2S/c16-8-3-7-1-2-24-9(7)4-10(8)25-15-21-12-13(18)19-6-20-14(12)22(15)5-11(17)23/h3-4,6H,1-2,5H2,(H2,17,23)(H2,18,19,20). The Kier molecular flexibility index (Phi) is 4.15. The number of primary amides is 1. The molecule has 4 rings (SSSR count). The van der Waals surface area contributed by atoms with E-state index in [0.29, 0.717) is 22.9 Å². The number of hydrogen-bond acceptors (Lipinski definition) is 7. The number of carbonyl (C=O) groups excluding carboxylic acids is 1. The summed E-state index contributed by atoms with van der Waals surface area (Å²) >= 11 is 3.70. The molecule has 3 aromatic rings. The minimum absolute atomic E-state index is 0.0344. The van der Waals surface area contributed by atoms with E-state index in [1.165, 1.54) is 23.7 Å². The summed E-state index contributed by atoms with van der Waals surface area (Å²) in [5, 5.41) is 0.580. The lowest BCUT2D eigenvalue weighted by molar-refractivity contribution is -0.118. The maximum absolute atomic E-state index is 11.5. The Morgan fingerprint density at radius 2 is 2.24 bits per heavy atom. The molecule has 2 aromatic heterocycles. The van der Waals surface area contributed by atoms with Crippen molar-refractivity contribution >= 4 is 57.2 Å². The van der Waals surface area contributed by atoms with Crippen LogP contribution in [-0.2, 0) is 17.8 Å². The van der Waals surface area contributed by atoms with Gasteiger partial charge in [-0.15, -0.1) is 0 Å². The van der Waals surface area contributed by atoms with E-state index in [1.54, 1.807) is 4.57 Å². The van der Waals surface area contributed by atoms with Crippen molar-refractivity contribution in [2.75, 3.05) is 12.3 Å². The molecule has 1 amide bonds. The number of nitrogens with two attached hydrogens (primary N) is 2. The second-order valence-electron chi connectivity index (χ2n) is 5.47. The third kappa shape index (κ3) is 2.99. The minimum Gasteiger partial charge on any atom is -0.493 e. The van der Waals surface area contributed by atoms with Crippen LogP contribution in [0.5, 0.6) is 5.75 Å². The highest BCUT2D eigenvalue weighted by Gasteiger charge is 2.20. The first kappa shape index (κ1) is 16.4. The first-order chi connectivity index (χ1) is 12.0. The molecule has 0 saturated heterocycles. The van der Waals surface area contributed by atoms with Crippen molar-refractivity contribution in [3.63, 3.8) is 0 Å². The first-order valence-corrected chi connectivity index (χ1v) is 9.30. The second kappa shape index (κ2) is 6.33. The van der Waals surface area contributed by atoms with Crippen LogP contribution in [0.3, 0.4) is 0 Å². The fourth-order valence-corrected chi connectivity index (χ4v) is 4.44. The number of hydrogen-bond donors (Lipinski definition) is 2. The van der Waals surface area contributed by atoms with Gasteiger partial charge in [0, 0.05) is 14.9 Å². The minimum atomic E-state index is -0.481. The van der Waals surface area contributed by atoms with E-state index < -0.39 is 5.91 Å². The van der Waals surface area contributed by atoms with Crippen LogP contribution in [0.1, 0.15) is 5.56 Å². The SMILES string of the molecule is NC(=O)Cn1c(Sc2cc3c(cc2I)CCO3)nc2c(N)ncnc21. The van der Waals surface area contributed by atoms with Gasteiger partial charge in [0.15, 0.2) is 22.1 Å². The van der Waals surface area contributed by atoms with Crippen LogP contribution in [-0.4, -0.2) is 32.0 Å². The molecule has 0 fully saturated rings. The maximum Gasteiger partial charge on any atom is 0.237 e. The van der Waals surface area contributed by atoms with Crippen molar-refractivity contribution in [1.82, 2.24) is 19.5 Å². The van der Waals surface area contributed by atoms with Gasteiger partial charge in [-0.05, 0) is 40.3 Å².